The number of rotatable bonds is 8. The minimum absolute atomic E-state index is 0.0214. The summed E-state index contributed by atoms with van der Waals surface area (Å²) in [4.78, 5) is 31.9. The van der Waals surface area contributed by atoms with Gasteiger partial charge in [0.05, 0.1) is 10.6 Å². The average molecular weight is 543 g/mol. The number of anilines is 1. The molecule has 2 aliphatic rings. The van der Waals surface area contributed by atoms with Crippen molar-refractivity contribution in [2.45, 2.75) is 50.0 Å². The Kier molecular flexibility index (Phi) is 8.86. The second-order valence-corrected chi connectivity index (χ2v) is 10.8. The Morgan fingerprint density at radius 1 is 1.21 bits per heavy atom. The quantitative estimate of drug-likeness (QED) is 0.344. The highest BCUT2D eigenvalue weighted by Gasteiger charge is 2.30. The molecule has 2 aliphatic heterocycles. The molecule has 2 heterocycles. The zero-order valence-electron chi connectivity index (χ0n) is 19.6. The largest absolute Gasteiger partial charge is 0.355 e. The van der Waals surface area contributed by atoms with E-state index in [1.54, 1.807) is 4.90 Å². The van der Waals surface area contributed by atoms with E-state index < -0.39 is 0 Å². The smallest absolute Gasteiger partial charge is 0.265 e. The van der Waals surface area contributed by atoms with Crippen molar-refractivity contribution < 1.29 is 9.59 Å². The lowest BCUT2D eigenvalue weighted by molar-refractivity contribution is -0.122. The molecule has 4 rings (SSSR count). The molecule has 2 amide bonds. The second kappa shape index (κ2) is 12.0. The van der Waals surface area contributed by atoms with Crippen molar-refractivity contribution in [3.8, 4) is 0 Å². The fourth-order valence-corrected chi connectivity index (χ4v) is 6.17. The Labute approximate surface area is 215 Å². The molecule has 0 bridgehead atoms. The highest BCUT2D eigenvalue weighted by Crippen LogP contribution is 2.42. The lowest BCUT2D eigenvalue weighted by atomic mass is 10.00. The van der Waals surface area contributed by atoms with E-state index in [1.165, 1.54) is 37.4 Å². The second-order valence-electron chi connectivity index (χ2n) is 8.82. The van der Waals surface area contributed by atoms with Crippen LogP contribution in [0.1, 0.15) is 44.6 Å². The molecule has 1 atom stereocenters. The van der Waals surface area contributed by atoms with Crippen molar-refractivity contribution in [1.29, 1.82) is 0 Å². The summed E-state index contributed by atoms with van der Waals surface area (Å²) in [5, 5.41) is 3.03. The number of piperidine rings is 1. The van der Waals surface area contributed by atoms with Gasteiger partial charge >= 0.3 is 0 Å². The van der Waals surface area contributed by atoms with E-state index in [0.29, 0.717) is 17.5 Å². The number of fused-ring (bicyclic) bond motifs is 1. The topological polar surface area (TPSA) is 52.7 Å². The van der Waals surface area contributed by atoms with Crippen LogP contribution in [0.3, 0.4) is 0 Å². The number of para-hydroxylation sites is 1. The van der Waals surface area contributed by atoms with Crippen LogP contribution < -0.4 is 10.2 Å². The van der Waals surface area contributed by atoms with Crippen LogP contribution in [0.5, 0.6) is 0 Å². The molecule has 180 valence electrons. The third kappa shape index (κ3) is 6.32. The number of nitrogens with one attached hydrogen (secondary N) is 1. The van der Waals surface area contributed by atoms with Gasteiger partial charge in [-0.05, 0) is 68.1 Å². The molecule has 1 N–H and O–H groups in total. The molecule has 0 radical (unpaired) electrons. The van der Waals surface area contributed by atoms with Crippen molar-refractivity contribution >= 4 is 51.3 Å². The number of amides is 2. The summed E-state index contributed by atoms with van der Waals surface area (Å²) >= 11 is 4.94. The Hall–Kier alpha value is -2.09. The molecule has 1 saturated heterocycles. The van der Waals surface area contributed by atoms with Gasteiger partial charge in [0.25, 0.3) is 5.91 Å². The van der Waals surface area contributed by atoms with E-state index >= 15 is 0 Å². The van der Waals surface area contributed by atoms with Gasteiger partial charge in [0.15, 0.2) is 0 Å². The fourth-order valence-electron chi connectivity index (χ4n) is 4.69. The van der Waals surface area contributed by atoms with Gasteiger partial charge in [0, 0.05) is 28.5 Å². The highest BCUT2D eigenvalue weighted by molar-refractivity contribution is 9.10. The number of halogens is 1. The van der Waals surface area contributed by atoms with E-state index in [1.807, 2.05) is 54.6 Å². The Balaban J connectivity index is 1.38. The van der Waals surface area contributed by atoms with Crippen LogP contribution in [-0.4, -0.2) is 48.9 Å². The number of benzene rings is 2. The van der Waals surface area contributed by atoms with Gasteiger partial charge in [-0.25, -0.2) is 0 Å². The average Bonchev–Trinajstić information content (AvgIpc) is 2.84. The third-order valence-electron chi connectivity index (χ3n) is 6.44. The predicted molar refractivity (Wildman–Crippen MR) is 144 cm³/mol. The minimum atomic E-state index is -0.141. The maximum absolute atomic E-state index is 13.4. The first-order valence-electron chi connectivity index (χ1n) is 12.1. The van der Waals surface area contributed by atoms with Crippen molar-refractivity contribution in [3.63, 3.8) is 0 Å². The van der Waals surface area contributed by atoms with E-state index in [9.17, 15) is 9.59 Å². The molecule has 34 heavy (non-hydrogen) atoms. The molecule has 2 aromatic rings. The fraction of sp³-hybridized carbons (Fsp3) is 0.407. The van der Waals surface area contributed by atoms with Crippen LogP contribution in [0.2, 0.25) is 0 Å². The molecule has 5 nitrogen and oxygen atoms in total. The molecule has 7 heteroatoms. The number of likely N-dealkylation sites (tertiary alicyclic amines) is 1. The summed E-state index contributed by atoms with van der Waals surface area (Å²) in [5.74, 6) is -0.263. The zero-order valence-corrected chi connectivity index (χ0v) is 22.0. The lowest BCUT2D eigenvalue weighted by Crippen LogP contribution is -2.44. The van der Waals surface area contributed by atoms with Crippen LogP contribution in [-0.2, 0) is 9.59 Å². The van der Waals surface area contributed by atoms with E-state index in [2.05, 4.69) is 33.1 Å². The van der Waals surface area contributed by atoms with Gasteiger partial charge in [-0.15, -0.1) is 0 Å². The summed E-state index contributed by atoms with van der Waals surface area (Å²) in [6.45, 7) is 5.09. The van der Waals surface area contributed by atoms with Crippen LogP contribution in [0, 0.1) is 0 Å². The summed E-state index contributed by atoms with van der Waals surface area (Å²) < 4.78 is 0.960. The molecular weight excluding hydrogens is 510 g/mol. The Bertz CT molecular complexity index is 1060. The van der Waals surface area contributed by atoms with Crippen molar-refractivity contribution in [1.82, 2.24) is 10.2 Å². The molecule has 0 aromatic heterocycles. The standard InChI is InChI=1S/C27H32BrN3O2S/c1-2-22-11-5-6-15-30(22)16-8-14-29-26(32)19-31-23-12-3-4-13-24(23)34-25(27(31)33)18-20-9-7-10-21(28)17-20/h3-4,7,9-10,12-13,17-18,22H,2,5-6,8,11,14-16,19H2,1H3,(H,29,32)/b25-18+/t22-/m1/s1. The predicted octanol–water partition coefficient (Wildman–Crippen LogP) is 5.70. The number of nitrogens with zero attached hydrogens (tertiary/aromatic N) is 2. The monoisotopic (exact) mass is 541 g/mol. The van der Waals surface area contributed by atoms with Gasteiger partial charge in [-0.2, -0.15) is 0 Å². The van der Waals surface area contributed by atoms with Crippen molar-refractivity contribution in [3.05, 3.63) is 63.5 Å². The summed E-state index contributed by atoms with van der Waals surface area (Å²) in [7, 11) is 0. The summed E-state index contributed by atoms with van der Waals surface area (Å²) in [5.41, 5.74) is 1.73. The number of hydrogen-bond acceptors (Lipinski definition) is 4. The van der Waals surface area contributed by atoms with Gasteiger partial charge in [-0.1, -0.05) is 65.3 Å². The van der Waals surface area contributed by atoms with Gasteiger partial charge in [0.1, 0.15) is 6.54 Å². The summed E-state index contributed by atoms with van der Waals surface area (Å²) in [6, 6.07) is 16.3. The summed E-state index contributed by atoms with van der Waals surface area (Å²) in [6.07, 6.45) is 7.89. The first-order valence-corrected chi connectivity index (χ1v) is 13.7. The third-order valence-corrected chi connectivity index (χ3v) is 8.02. The Morgan fingerprint density at radius 2 is 2.06 bits per heavy atom. The lowest BCUT2D eigenvalue weighted by Gasteiger charge is -2.35. The molecule has 1 fully saturated rings. The van der Waals surface area contributed by atoms with Crippen LogP contribution >= 0.6 is 27.7 Å². The minimum Gasteiger partial charge on any atom is -0.355 e. The van der Waals surface area contributed by atoms with Crippen LogP contribution in [0.25, 0.3) is 6.08 Å². The maximum atomic E-state index is 13.4. The molecule has 2 aromatic carbocycles. The molecule has 0 saturated carbocycles. The normalized spacial score (nSPS) is 19.8. The zero-order chi connectivity index (χ0) is 23.9. The molecule has 0 spiro atoms. The number of thioether (sulfide) groups is 1. The van der Waals surface area contributed by atoms with Crippen molar-refractivity contribution in [2.75, 3.05) is 31.1 Å². The SMILES string of the molecule is CC[C@@H]1CCCCN1CCCNC(=O)CN1C(=O)/C(=C\c2cccc(Br)c2)Sc2ccccc21. The van der Waals surface area contributed by atoms with Crippen molar-refractivity contribution in [2.24, 2.45) is 0 Å². The molecular formula is C27H32BrN3O2S. The number of carbonyl (C=O) groups excluding carboxylic acids is 2. The van der Waals surface area contributed by atoms with E-state index in [0.717, 1.165) is 40.1 Å². The van der Waals surface area contributed by atoms with E-state index in [4.69, 9.17) is 0 Å². The molecule has 0 aliphatic carbocycles. The first-order chi connectivity index (χ1) is 16.5. The maximum Gasteiger partial charge on any atom is 0.265 e. The number of carbonyl (C=O) groups is 2. The van der Waals surface area contributed by atoms with Crippen LogP contribution in [0.4, 0.5) is 5.69 Å². The van der Waals surface area contributed by atoms with Gasteiger partial charge in [0.2, 0.25) is 5.91 Å². The van der Waals surface area contributed by atoms with Crippen LogP contribution in [0.15, 0.2) is 62.8 Å². The first kappa shape index (κ1) is 25.0. The van der Waals surface area contributed by atoms with Gasteiger partial charge in [-0.3, -0.25) is 14.5 Å². The number of hydrogen-bond donors (Lipinski definition) is 1. The van der Waals surface area contributed by atoms with Gasteiger partial charge < -0.3 is 10.2 Å². The highest BCUT2D eigenvalue weighted by atomic mass is 79.9. The van der Waals surface area contributed by atoms with E-state index in [-0.39, 0.29) is 18.4 Å². The Morgan fingerprint density at radius 3 is 2.88 bits per heavy atom. The molecule has 0 unspecified atom stereocenters.